The third-order valence-electron chi connectivity index (χ3n) is 7.31. The Bertz CT molecular complexity index is 1190. The number of ether oxygens (including phenoxy) is 1. The predicted molar refractivity (Wildman–Crippen MR) is 136 cm³/mol. The highest BCUT2D eigenvalue weighted by Crippen LogP contribution is 2.51. The second-order valence-corrected chi connectivity index (χ2v) is 10.0. The van der Waals surface area contributed by atoms with Gasteiger partial charge in [-0.2, -0.15) is 10.2 Å². The van der Waals surface area contributed by atoms with Crippen LogP contribution in [0.1, 0.15) is 47.6 Å². The maximum atomic E-state index is 13.6. The lowest BCUT2D eigenvalue weighted by Gasteiger charge is -2.27. The molecule has 2 aliphatic carbocycles. The molecule has 2 fully saturated rings. The van der Waals surface area contributed by atoms with Crippen molar-refractivity contribution >= 4 is 17.5 Å². The van der Waals surface area contributed by atoms with Crippen LogP contribution in [0.15, 0.2) is 36.5 Å². The number of rotatable bonds is 11. The van der Waals surface area contributed by atoms with Crippen molar-refractivity contribution in [3.05, 3.63) is 53.6 Å². The lowest BCUT2D eigenvalue weighted by molar-refractivity contribution is -0.119. The summed E-state index contributed by atoms with van der Waals surface area (Å²) in [4.78, 5) is 26.9. The molecule has 0 spiro atoms. The van der Waals surface area contributed by atoms with Crippen molar-refractivity contribution in [2.24, 2.45) is 17.8 Å². The predicted octanol–water partition coefficient (Wildman–Crippen LogP) is 3.71. The minimum Gasteiger partial charge on any atom is -0.383 e. The summed E-state index contributed by atoms with van der Waals surface area (Å²) in [5.74, 6) is 0.678. The van der Waals surface area contributed by atoms with Gasteiger partial charge in [-0.05, 0) is 81.0 Å². The number of carbonyl (C=O) groups excluding carboxylic acids is 2. The second kappa shape index (κ2) is 10.3. The molecule has 2 saturated carbocycles. The lowest BCUT2D eigenvalue weighted by Crippen LogP contribution is -2.50. The summed E-state index contributed by atoms with van der Waals surface area (Å²) in [7, 11) is 1.61. The Morgan fingerprint density at radius 3 is 2.39 bits per heavy atom. The lowest BCUT2D eigenvalue weighted by atomic mass is 9.88. The van der Waals surface area contributed by atoms with Gasteiger partial charge in [0, 0.05) is 30.3 Å². The first-order valence-corrected chi connectivity index (χ1v) is 12.7. The van der Waals surface area contributed by atoms with Crippen molar-refractivity contribution in [1.82, 2.24) is 25.3 Å². The number of aryl methyl sites for hydroxylation is 2. The summed E-state index contributed by atoms with van der Waals surface area (Å²) < 4.78 is 6.76. The maximum absolute atomic E-state index is 13.6. The van der Waals surface area contributed by atoms with Gasteiger partial charge in [-0.15, -0.1) is 0 Å². The van der Waals surface area contributed by atoms with E-state index in [-0.39, 0.29) is 17.7 Å². The first-order valence-electron chi connectivity index (χ1n) is 12.7. The summed E-state index contributed by atoms with van der Waals surface area (Å²) in [6, 6.07) is 8.87. The van der Waals surface area contributed by atoms with Crippen molar-refractivity contribution in [3.63, 3.8) is 0 Å². The number of hydrogen-bond donors (Lipinski definition) is 3. The fourth-order valence-electron chi connectivity index (χ4n) is 5.24. The van der Waals surface area contributed by atoms with Gasteiger partial charge in [0.05, 0.1) is 18.8 Å². The Labute approximate surface area is 211 Å². The molecule has 36 heavy (non-hydrogen) atoms. The number of hydrogen-bond acceptors (Lipinski definition) is 5. The van der Waals surface area contributed by atoms with Crippen LogP contribution in [0.5, 0.6) is 0 Å². The van der Waals surface area contributed by atoms with Crippen LogP contribution in [0.3, 0.4) is 0 Å². The van der Waals surface area contributed by atoms with Gasteiger partial charge in [0.2, 0.25) is 5.91 Å². The largest absolute Gasteiger partial charge is 0.383 e. The van der Waals surface area contributed by atoms with E-state index in [2.05, 4.69) is 25.9 Å². The van der Waals surface area contributed by atoms with Gasteiger partial charge >= 0.3 is 0 Å². The maximum Gasteiger partial charge on any atom is 0.270 e. The average Bonchev–Trinajstić information content (AvgIpc) is 3.80. The average molecular weight is 491 g/mol. The van der Waals surface area contributed by atoms with Crippen LogP contribution in [-0.2, 0) is 16.1 Å². The normalized spacial score (nSPS) is 16.2. The molecule has 1 atom stereocenters. The molecule has 3 aromatic rings. The molecule has 2 amide bonds. The Morgan fingerprint density at radius 2 is 1.81 bits per heavy atom. The number of aromatic amines is 1. The quantitative estimate of drug-likeness (QED) is 0.379. The SMILES string of the molecule is COCCn1nccc1C(=O)N[C@H](C(=O)Nc1ccc(-c2c(C)n[nH]c2C)cc1)C(C1CC1)C1CC1. The van der Waals surface area contributed by atoms with E-state index in [0.29, 0.717) is 36.4 Å². The number of H-pyrrole nitrogens is 1. The first-order chi connectivity index (χ1) is 17.5. The summed E-state index contributed by atoms with van der Waals surface area (Å²) in [6.07, 6.45) is 6.06. The van der Waals surface area contributed by atoms with Crippen LogP contribution in [0.2, 0.25) is 0 Å². The van der Waals surface area contributed by atoms with E-state index in [9.17, 15) is 9.59 Å². The molecular weight excluding hydrogens is 456 g/mol. The van der Waals surface area contributed by atoms with Gasteiger partial charge < -0.3 is 15.4 Å². The molecule has 0 radical (unpaired) electrons. The van der Waals surface area contributed by atoms with Crippen molar-refractivity contribution in [2.45, 2.75) is 52.1 Å². The smallest absolute Gasteiger partial charge is 0.270 e. The number of anilines is 1. The Hall–Kier alpha value is -3.46. The molecule has 2 aliphatic rings. The van der Waals surface area contributed by atoms with E-state index in [1.165, 1.54) is 0 Å². The minimum atomic E-state index is -0.596. The monoisotopic (exact) mass is 490 g/mol. The van der Waals surface area contributed by atoms with Gasteiger partial charge in [-0.3, -0.25) is 19.4 Å². The third-order valence-corrected chi connectivity index (χ3v) is 7.31. The number of methoxy groups -OCH3 is 1. The summed E-state index contributed by atoms with van der Waals surface area (Å²) in [5.41, 5.74) is 5.20. The van der Waals surface area contributed by atoms with Crippen molar-refractivity contribution in [2.75, 3.05) is 19.0 Å². The van der Waals surface area contributed by atoms with E-state index in [1.54, 1.807) is 24.1 Å². The summed E-state index contributed by atoms with van der Waals surface area (Å²) in [6.45, 7) is 4.89. The number of benzene rings is 1. The molecule has 0 saturated heterocycles. The van der Waals surface area contributed by atoms with E-state index >= 15 is 0 Å². The van der Waals surface area contributed by atoms with E-state index in [0.717, 1.165) is 48.2 Å². The van der Waals surface area contributed by atoms with Gasteiger partial charge in [0.25, 0.3) is 5.91 Å². The molecule has 0 aliphatic heterocycles. The molecule has 9 heteroatoms. The fraction of sp³-hybridized carbons (Fsp3) is 0.481. The van der Waals surface area contributed by atoms with Crippen LogP contribution in [0.4, 0.5) is 5.69 Å². The number of aromatic nitrogens is 4. The minimum absolute atomic E-state index is 0.153. The Morgan fingerprint density at radius 1 is 1.11 bits per heavy atom. The Balaban J connectivity index is 1.34. The molecule has 3 N–H and O–H groups in total. The van der Waals surface area contributed by atoms with Gasteiger partial charge in [0.15, 0.2) is 0 Å². The molecule has 2 aromatic heterocycles. The Kier molecular flexibility index (Phi) is 6.91. The molecule has 5 rings (SSSR count). The van der Waals surface area contributed by atoms with Crippen molar-refractivity contribution < 1.29 is 14.3 Å². The summed E-state index contributed by atoms with van der Waals surface area (Å²) >= 11 is 0. The topological polar surface area (TPSA) is 114 Å². The van der Waals surface area contributed by atoms with Crippen LogP contribution in [-0.4, -0.2) is 51.6 Å². The standard InChI is InChI=1S/C27H34N6O3/c1-16-23(17(2)32-31-16)18-8-10-21(11-9-18)29-27(35)25(24(19-4-5-19)20-6-7-20)30-26(34)22-12-13-28-33(22)14-15-36-3/h8-13,19-20,24-25H,4-7,14-15H2,1-3H3,(H,29,35)(H,30,34)(H,31,32)/t25-/m0/s1. The number of nitrogens with zero attached hydrogens (tertiary/aromatic N) is 3. The fourth-order valence-corrected chi connectivity index (χ4v) is 5.24. The molecular formula is C27H34N6O3. The molecule has 9 nitrogen and oxygen atoms in total. The van der Waals surface area contributed by atoms with Crippen LogP contribution in [0, 0.1) is 31.6 Å². The highest BCUT2D eigenvalue weighted by atomic mass is 16.5. The van der Waals surface area contributed by atoms with Crippen molar-refractivity contribution in [3.8, 4) is 11.1 Å². The van der Waals surface area contributed by atoms with Gasteiger partial charge in [0.1, 0.15) is 11.7 Å². The molecule has 2 heterocycles. The number of amides is 2. The van der Waals surface area contributed by atoms with Gasteiger partial charge in [-0.25, -0.2) is 0 Å². The van der Waals surface area contributed by atoms with Crippen LogP contribution >= 0.6 is 0 Å². The zero-order valence-corrected chi connectivity index (χ0v) is 21.1. The van der Waals surface area contributed by atoms with Crippen LogP contribution < -0.4 is 10.6 Å². The first kappa shape index (κ1) is 24.2. The van der Waals surface area contributed by atoms with E-state index in [1.807, 2.05) is 38.1 Å². The molecule has 0 unspecified atom stereocenters. The number of carbonyl (C=O) groups is 2. The molecule has 0 bridgehead atoms. The van der Waals surface area contributed by atoms with Gasteiger partial charge in [-0.1, -0.05) is 12.1 Å². The zero-order chi connectivity index (χ0) is 25.2. The van der Waals surface area contributed by atoms with Crippen LogP contribution in [0.25, 0.3) is 11.1 Å². The van der Waals surface area contributed by atoms with Crippen molar-refractivity contribution in [1.29, 1.82) is 0 Å². The number of nitrogens with one attached hydrogen (secondary N) is 3. The molecule has 1 aromatic carbocycles. The van der Waals surface area contributed by atoms with E-state index < -0.39 is 6.04 Å². The zero-order valence-electron chi connectivity index (χ0n) is 21.1. The summed E-state index contributed by atoms with van der Waals surface area (Å²) in [5, 5.41) is 17.7. The highest BCUT2D eigenvalue weighted by molar-refractivity contribution is 6.01. The molecule has 190 valence electrons. The second-order valence-electron chi connectivity index (χ2n) is 10.0. The highest BCUT2D eigenvalue weighted by Gasteiger charge is 2.48. The third kappa shape index (κ3) is 5.21. The van der Waals surface area contributed by atoms with E-state index in [4.69, 9.17) is 4.74 Å².